The predicted molar refractivity (Wildman–Crippen MR) is 97.9 cm³/mol. The van der Waals surface area contributed by atoms with Crippen LogP contribution in [0, 0.1) is 0 Å². The molecule has 5 nitrogen and oxygen atoms in total. The maximum Gasteiger partial charge on any atom is 0.290 e. The van der Waals surface area contributed by atoms with E-state index in [0.717, 1.165) is 25.1 Å². The lowest BCUT2D eigenvalue weighted by Gasteiger charge is -2.43. The molecule has 2 N–H and O–H groups in total. The molecule has 3 heterocycles. The fourth-order valence-corrected chi connectivity index (χ4v) is 4.26. The topological polar surface area (TPSA) is 61.3 Å². The van der Waals surface area contributed by atoms with Crippen molar-refractivity contribution in [3.63, 3.8) is 0 Å². The van der Waals surface area contributed by atoms with Crippen LogP contribution in [0.4, 0.5) is 14.7 Å². The van der Waals surface area contributed by atoms with Gasteiger partial charge in [-0.3, -0.25) is 0 Å². The SMILES string of the molecule is C[C@H]1[C@H](O)CN1c1nc(-c2ccc3c(c2)CNCC3)c2c(n1)C(F)(F)CC2. The summed E-state index contributed by atoms with van der Waals surface area (Å²) in [4.78, 5) is 10.7. The Kier molecular flexibility index (Phi) is 3.74. The molecule has 0 radical (unpaired) electrons. The molecular weight excluding hydrogens is 350 g/mol. The second-order valence-electron chi connectivity index (χ2n) is 7.77. The third kappa shape index (κ3) is 2.63. The van der Waals surface area contributed by atoms with E-state index >= 15 is 0 Å². The number of β-amino-alcohol motifs (C(OH)–C–C–N with tert-alkyl or cyclic N) is 1. The lowest BCUT2D eigenvalue weighted by Crippen LogP contribution is -2.59. The Morgan fingerprint density at radius 2 is 2.07 bits per heavy atom. The molecule has 0 saturated carbocycles. The van der Waals surface area contributed by atoms with Gasteiger partial charge in [0.1, 0.15) is 5.69 Å². The lowest BCUT2D eigenvalue weighted by molar-refractivity contribution is -0.00603. The normalized spacial score (nSPS) is 25.7. The molecule has 27 heavy (non-hydrogen) atoms. The van der Waals surface area contributed by atoms with E-state index < -0.39 is 12.0 Å². The van der Waals surface area contributed by atoms with Crippen LogP contribution in [0.15, 0.2) is 18.2 Å². The molecule has 1 aromatic heterocycles. The molecule has 3 aliphatic rings. The van der Waals surface area contributed by atoms with Crippen LogP contribution in [-0.4, -0.2) is 40.3 Å². The van der Waals surface area contributed by atoms with Crippen molar-refractivity contribution in [2.24, 2.45) is 0 Å². The van der Waals surface area contributed by atoms with E-state index in [4.69, 9.17) is 0 Å². The molecule has 1 aliphatic carbocycles. The van der Waals surface area contributed by atoms with Crippen LogP contribution >= 0.6 is 0 Å². The first-order valence-corrected chi connectivity index (χ1v) is 9.51. The number of nitrogens with zero attached hydrogens (tertiary/aromatic N) is 3. The standard InChI is InChI=1S/C20H22F2N4O/c1-11-16(27)10-26(11)19-24-17(15-4-6-20(21,22)18(15)25-19)13-3-2-12-5-7-23-9-14(12)8-13/h2-3,8,11,16,23,27H,4-7,9-10H2,1H3/t11-,16+/m0/s1. The van der Waals surface area contributed by atoms with Crippen molar-refractivity contribution in [1.82, 2.24) is 15.3 Å². The number of fused-ring (bicyclic) bond motifs is 2. The third-order valence-corrected chi connectivity index (χ3v) is 6.09. The highest BCUT2D eigenvalue weighted by atomic mass is 19.3. The second kappa shape index (κ2) is 5.94. The summed E-state index contributed by atoms with van der Waals surface area (Å²) in [5.74, 6) is -2.64. The zero-order valence-electron chi connectivity index (χ0n) is 15.2. The van der Waals surface area contributed by atoms with Gasteiger partial charge >= 0.3 is 0 Å². The molecule has 5 rings (SSSR count). The first kappa shape index (κ1) is 17.0. The summed E-state index contributed by atoms with van der Waals surface area (Å²) in [6.45, 7) is 3.97. The number of anilines is 1. The molecule has 0 unspecified atom stereocenters. The number of rotatable bonds is 2. The van der Waals surface area contributed by atoms with Gasteiger partial charge in [-0.25, -0.2) is 9.97 Å². The van der Waals surface area contributed by atoms with E-state index in [1.807, 2.05) is 13.0 Å². The molecule has 7 heteroatoms. The monoisotopic (exact) mass is 372 g/mol. The average Bonchev–Trinajstić information content (AvgIpc) is 2.99. The van der Waals surface area contributed by atoms with Gasteiger partial charge in [0, 0.05) is 30.6 Å². The number of halogens is 2. The zero-order chi connectivity index (χ0) is 18.8. The number of alkyl halides is 2. The summed E-state index contributed by atoms with van der Waals surface area (Å²) in [7, 11) is 0. The van der Waals surface area contributed by atoms with Gasteiger partial charge in [-0.15, -0.1) is 0 Å². The Hall–Kier alpha value is -2.12. The van der Waals surface area contributed by atoms with Crippen LogP contribution in [0.2, 0.25) is 0 Å². The highest BCUT2D eigenvalue weighted by molar-refractivity contribution is 5.68. The number of hydrogen-bond donors (Lipinski definition) is 2. The van der Waals surface area contributed by atoms with Gasteiger partial charge in [-0.05, 0) is 43.5 Å². The third-order valence-electron chi connectivity index (χ3n) is 6.09. The molecule has 0 bridgehead atoms. The van der Waals surface area contributed by atoms with Crippen molar-refractivity contribution in [1.29, 1.82) is 0 Å². The van der Waals surface area contributed by atoms with Crippen LogP contribution in [0.5, 0.6) is 0 Å². The largest absolute Gasteiger partial charge is 0.389 e. The summed E-state index contributed by atoms with van der Waals surface area (Å²) < 4.78 is 29.0. The smallest absolute Gasteiger partial charge is 0.290 e. The summed E-state index contributed by atoms with van der Waals surface area (Å²) in [6.07, 6.45) is 0.564. The quantitative estimate of drug-likeness (QED) is 0.848. The van der Waals surface area contributed by atoms with E-state index in [1.54, 1.807) is 4.90 Å². The maximum absolute atomic E-state index is 14.5. The molecule has 1 aromatic carbocycles. The zero-order valence-corrected chi connectivity index (χ0v) is 15.2. The minimum absolute atomic E-state index is 0.146. The summed E-state index contributed by atoms with van der Waals surface area (Å²) >= 11 is 0. The maximum atomic E-state index is 14.5. The van der Waals surface area contributed by atoms with E-state index in [-0.39, 0.29) is 24.6 Å². The van der Waals surface area contributed by atoms with Crippen LogP contribution in [-0.2, 0) is 25.3 Å². The lowest BCUT2D eigenvalue weighted by atomic mass is 9.95. The van der Waals surface area contributed by atoms with Crippen molar-refractivity contribution in [2.45, 2.75) is 50.8 Å². The molecule has 0 amide bonds. The summed E-state index contributed by atoms with van der Waals surface area (Å²) in [5.41, 5.74) is 4.38. The Bertz CT molecular complexity index is 917. The Morgan fingerprint density at radius 1 is 1.22 bits per heavy atom. The van der Waals surface area contributed by atoms with Crippen LogP contribution in [0.1, 0.15) is 35.7 Å². The van der Waals surface area contributed by atoms with Gasteiger partial charge in [-0.1, -0.05) is 12.1 Å². The molecule has 2 aliphatic heterocycles. The van der Waals surface area contributed by atoms with Crippen LogP contribution in [0.3, 0.4) is 0 Å². The van der Waals surface area contributed by atoms with E-state index in [9.17, 15) is 13.9 Å². The van der Waals surface area contributed by atoms with Gasteiger partial charge in [-0.2, -0.15) is 8.78 Å². The Balaban J connectivity index is 1.64. The molecule has 1 saturated heterocycles. The fourth-order valence-electron chi connectivity index (χ4n) is 4.26. The number of aromatic nitrogens is 2. The summed E-state index contributed by atoms with van der Waals surface area (Å²) in [6, 6.07) is 5.97. The number of aliphatic hydroxyl groups is 1. The van der Waals surface area contributed by atoms with Gasteiger partial charge in [0.2, 0.25) is 5.95 Å². The van der Waals surface area contributed by atoms with Crippen molar-refractivity contribution < 1.29 is 13.9 Å². The van der Waals surface area contributed by atoms with E-state index in [0.29, 0.717) is 23.8 Å². The number of hydrogen-bond acceptors (Lipinski definition) is 5. The second-order valence-corrected chi connectivity index (χ2v) is 7.77. The van der Waals surface area contributed by atoms with Gasteiger partial charge < -0.3 is 15.3 Å². The first-order valence-electron chi connectivity index (χ1n) is 9.51. The van der Waals surface area contributed by atoms with Crippen molar-refractivity contribution in [3.8, 4) is 11.3 Å². The molecule has 0 spiro atoms. The number of aliphatic hydroxyl groups excluding tert-OH is 1. The van der Waals surface area contributed by atoms with Crippen LogP contribution in [0.25, 0.3) is 11.3 Å². The highest BCUT2D eigenvalue weighted by Gasteiger charge is 2.45. The molecule has 2 atom stereocenters. The van der Waals surface area contributed by atoms with Gasteiger partial charge in [0.25, 0.3) is 5.92 Å². The molecule has 2 aromatic rings. The average molecular weight is 372 g/mol. The predicted octanol–water partition coefficient (Wildman–Crippen LogP) is 2.40. The van der Waals surface area contributed by atoms with Gasteiger partial charge in [0.15, 0.2) is 0 Å². The van der Waals surface area contributed by atoms with Crippen LogP contribution < -0.4 is 10.2 Å². The fraction of sp³-hybridized carbons (Fsp3) is 0.500. The highest BCUT2D eigenvalue weighted by Crippen LogP contribution is 2.45. The molecular formula is C20H22F2N4O. The summed E-state index contributed by atoms with van der Waals surface area (Å²) in [5, 5.41) is 13.2. The Labute approximate surface area is 156 Å². The van der Waals surface area contributed by atoms with Crippen molar-refractivity contribution >= 4 is 5.95 Å². The van der Waals surface area contributed by atoms with Gasteiger partial charge in [0.05, 0.1) is 17.8 Å². The van der Waals surface area contributed by atoms with E-state index in [2.05, 4.69) is 27.4 Å². The van der Waals surface area contributed by atoms with E-state index in [1.165, 1.54) is 11.1 Å². The minimum Gasteiger partial charge on any atom is -0.389 e. The van der Waals surface area contributed by atoms with Crippen molar-refractivity contribution in [2.75, 3.05) is 18.0 Å². The number of benzene rings is 1. The van der Waals surface area contributed by atoms with Crippen molar-refractivity contribution in [3.05, 3.63) is 40.6 Å². The Morgan fingerprint density at radius 3 is 2.85 bits per heavy atom. The molecule has 1 fully saturated rings. The minimum atomic E-state index is -2.93. The number of nitrogens with one attached hydrogen (secondary N) is 1. The first-order chi connectivity index (χ1) is 12.9. The molecule has 142 valence electrons.